The fourth-order valence-corrected chi connectivity index (χ4v) is 4.25. The quantitative estimate of drug-likeness (QED) is 0.811. The lowest BCUT2D eigenvalue weighted by molar-refractivity contribution is 0.0911. The average molecular weight is 414 g/mol. The van der Waals surface area contributed by atoms with E-state index in [4.69, 9.17) is 21.6 Å². The van der Waals surface area contributed by atoms with Crippen LogP contribution >= 0.6 is 11.6 Å². The van der Waals surface area contributed by atoms with Crippen LogP contribution in [0.15, 0.2) is 24.3 Å². The molecule has 0 saturated carbocycles. The Kier molecular flexibility index (Phi) is 5.49. The number of hydrogen-bond donors (Lipinski definition) is 1. The van der Waals surface area contributed by atoms with E-state index in [9.17, 15) is 4.79 Å². The SMILES string of the molecule is CCN1CCN(c2nc3c(c(Nc4ccc(Cl)cc4)n2)C(=O)CC(C)(C)C3)CC1. The Balaban J connectivity index is 1.72. The zero-order valence-electron chi connectivity index (χ0n) is 17.3. The number of aromatic nitrogens is 2. The molecular formula is C22H28ClN5O. The number of rotatable bonds is 4. The highest BCUT2D eigenvalue weighted by molar-refractivity contribution is 6.30. The van der Waals surface area contributed by atoms with E-state index in [-0.39, 0.29) is 11.2 Å². The molecule has 2 heterocycles. The number of anilines is 3. The minimum Gasteiger partial charge on any atom is -0.339 e. The van der Waals surface area contributed by atoms with Gasteiger partial charge in [0.25, 0.3) is 0 Å². The molecule has 0 amide bonds. The summed E-state index contributed by atoms with van der Waals surface area (Å²) in [6, 6.07) is 7.45. The van der Waals surface area contributed by atoms with E-state index >= 15 is 0 Å². The Morgan fingerprint density at radius 3 is 2.41 bits per heavy atom. The first kappa shape index (κ1) is 20.1. The van der Waals surface area contributed by atoms with Gasteiger partial charge in [-0.1, -0.05) is 32.4 Å². The summed E-state index contributed by atoms with van der Waals surface area (Å²) in [5.74, 6) is 1.42. The Hall–Kier alpha value is -2.18. The molecule has 1 saturated heterocycles. The van der Waals surface area contributed by atoms with Gasteiger partial charge in [-0.2, -0.15) is 4.98 Å². The van der Waals surface area contributed by atoms with Crippen LogP contribution in [0.1, 0.15) is 43.2 Å². The fourth-order valence-electron chi connectivity index (χ4n) is 4.12. The molecule has 1 N–H and O–H groups in total. The lowest BCUT2D eigenvalue weighted by atomic mass is 9.75. The van der Waals surface area contributed by atoms with E-state index in [1.807, 2.05) is 24.3 Å². The number of likely N-dealkylation sites (N-methyl/N-ethyl adjacent to an activating group) is 1. The largest absolute Gasteiger partial charge is 0.339 e. The number of benzene rings is 1. The third-order valence-corrected chi connectivity index (χ3v) is 6.00. The minimum atomic E-state index is -0.0891. The second-order valence-electron chi connectivity index (χ2n) is 8.69. The number of fused-ring (bicyclic) bond motifs is 1. The van der Waals surface area contributed by atoms with Crippen molar-refractivity contribution in [3.8, 4) is 0 Å². The number of carbonyl (C=O) groups excluding carboxylic acids is 1. The number of nitrogens with zero attached hydrogens (tertiary/aromatic N) is 4. The molecule has 4 rings (SSSR count). The van der Waals surface area contributed by atoms with Gasteiger partial charge in [0.1, 0.15) is 5.82 Å². The van der Waals surface area contributed by atoms with Crippen molar-refractivity contribution in [1.82, 2.24) is 14.9 Å². The molecular weight excluding hydrogens is 386 g/mol. The molecule has 0 radical (unpaired) electrons. The number of hydrogen-bond acceptors (Lipinski definition) is 6. The predicted molar refractivity (Wildman–Crippen MR) is 118 cm³/mol. The Morgan fingerprint density at radius 1 is 1.07 bits per heavy atom. The van der Waals surface area contributed by atoms with E-state index < -0.39 is 0 Å². The third-order valence-electron chi connectivity index (χ3n) is 5.75. The second kappa shape index (κ2) is 7.92. The van der Waals surface area contributed by atoms with Crippen molar-refractivity contribution in [2.45, 2.75) is 33.6 Å². The second-order valence-corrected chi connectivity index (χ2v) is 9.12. The zero-order valence-corrected chi connectivity index (χ0v) is 18.1. The van der Waals surface area contributed by atoms with Crippen molar-refractivity contribution < 1.29 is 4.79 Å². The first-order valence-corrected chi connectivity index (χ1v) is 10.7. The van der Waals surface area contributed by atoms with Crippen LogP contribution in [-0.2, 0) is 6.42 Å². The summed E-state index contributed by atoms with van der Waals surface area (Å²) in [4.78, 5) is 27.3. The number of ketones is 1. The summed E-state index contributed by atoms with van der Waals surface area (Å²) >= 11 is 6.02. The van der Waals surface area contributed by atoms with Gasteiger partial charge in [-0.3, -0.25) is 4.79 Å². The monoisotopic (exact) mass is 413 g/mol. The van der Waals surface area contributed by atoms with Gasteiger partial charge in [0.2, 0.25) is 5.95 Å². The van der Waals surface area contributed by atoms with Gasteiger partial charge in [-0.05, 0) is 42.6 Å². The first-order chi connectivity index (χ1) is 13.8. The number of halogens is 1. The molecule has 2 aromatic rings. The Bertz CT molecular complexity index is 904. The van der Waals surface area contributed by atoms with Crippen molar-refractivity contribution in [3.63, 3.8) is 0 Å². The van der Waals surface area contributed by atoms with E-state index in [1.54, 1.807) is 0 Å². The van der Waals surface area contributed by atoms with Crippen molar-refractivity contribution in [2.24, 2.45) is 5.41 Å². The summed E-state index contributed by atoms with van der Waals surface area (Å²) in [6.07, 6.45) is 1.28. The van der Waals surface area contributed by atoms with Crippen LogP contribution in [0.25, 0.3) is 0 Å². The predicted octanol–water partition coefficient (Wildman–Crippen LogP) is 4.17. The highest BCUT2D eigenvalue weighted by Crippen LogP contribution is 2.38. The molecule has 1 aromatic carbocycles. The highest BCUT2D eigenvalue weighted by atomic mass is 35.5. The van der Waals surface area contributed by atoms with Gasteiger partial charge in [0.15, 0.2) is 5.78 Å². The van der Waals surface area contributed by atoms with Crippen molar-refractivity contribution in [1.29, 1.82) is 0 Å². The van der Waals surface area contributed by atoms with Crippen molar-refractivity contribution in [2.75, 3.05) is 42.9 Å². The number of piperazine rings is 1. The summed E-state index contributed by atoms with van der Waals surface area (Å²) in [7, 11) is 0. The van der Waals surface area contributed by atoms with Gasteiger partial charge in [0.05, 0.1) is 11.3 Å². The van der Waals surface area contributed by atoms with Crippen molar-refractivity contribution in [3.05, 3.63) is 40.5 Å². The molecule has 1 aromatic heterocycles. The molecule has 1 fully saturated rings. The third kappa shape index (κ3) is 4.38. The molecule has 0 spiro atoms. The van der Waals surface area contributed by atoms with Gasteiger partial charge < -0.3 is 15.1 Å². The van der Waals surface area contributed by atoms with Crippen LogP contribution in [0.3, 0.4) is 0 Å². The lowest BCUT2D eigenvalue weighted by Crippen LogP contribution is -2.47. The lowest BCUT2D eigenvalue weighted by Gasteiger charge is -2.35. The van der Waals surface area contributed by atoms with Crippen LogP contribution in [0.5, 0.6) is 0 Å². The van der Waals surface area contributed by atoms with E-state index in [0.717, 1.165) is 50.5 Å². The summed E-state index contributed by atoms with van der Waals surface area (Å²) in [5.41, 5.74) is 2.25. The highest BCUT2D eigenvalue weighted by Gasteiger charge is 2.35. The summed E-state index contributed by atoms with van der Waals surface area (Å²) in [6.45, 7) is 11.3. The van der Waals surface area contributed by atoms with Crippen LogP contribution < -0.4 is 10.2 Å². The van der Waals surface area contributed by atoms with Crippen LogP contribution in [0.2, 0.25) is 5.02 Å². The first-order valence-electron chi connectivity index (χ1n) is 10.3. The number of Topliss-reactive ketones (excluding diaryl/α,β-unsaturated/α-hetero) is 1. The standard InChI is InChI=1S/C22H28ClN5O/c1-4-27-9-11-28(12-10-27)21-25-17-13-22(2,3)14-18(29)19(17)20(26-21)24-16-7-5-15(23)6-8-16/h5-8H,4,9-14H2,1-3H3,(H,24,25,26). The maximum atomic E-state index is 13.0. The molecule has 0 unspecified atom stereocenters. The normalized spacial score (nSPS) is 19.2. The number of nitrogens with one attached hydrogen (secondary N) is 1. The topological polar surface area (TPSA) is 61.4 Å². The van der Waals surface area contributed by atoms with E-state index in [0.29, 0.717) is 28.8 Å². The van der Waals surface area contributed by atoms with E-state index in [1.165, 1.54) is 0 Å². The summed E-state index contributed by atoms with van der Waals surface area (Å²) in [5, 5.41) is 4.02. The fraction of sp³-hybridized carbons (Fsp3) is 0.500. The van der Waals surface area contributed by atoms with Crippen LogP contribution in [-0.4, -0.2) is 53.4 Å². The van der Waals surface area contributed by atoms with Gasteiger partial charge in [-0.15, -0.1) is 0 Å². The number of carbonyl (C=O) groups is 1. The van der Waals surface area contributed by atoms with Crippen LogP contribution in [0.4, 0.5) is 17.5 Å². The molecule has 7 heteroatoms. The molecule has 154 valence electrons. The molecule has 0 atom stereocenters. The van der Waals surface area contributed by atoms with Gasteiger partial charge in [-0.25, -0.2) is 4.98 Å². The smallest absolute Gasteiger partial charge is 0.227 e. The Labute approximate surface area is 177 Å². The molecule has 0 bridgehead atoms. The maximum absolute atomic E-state index is 13.0. The zero-order chi connectivity index (χ0) is 20.6. The molecule has 2 aliphatic rings. The summed E-state index contributed by atoms with van der Waals surface area (Å²) < 4.78 is 0. The van der Waals surface area contributed by atoms with Gasteiger partial charge in [0, 0.05) is 43.3 Å². The van der Waals surface area contributed by atoms with Crippen molar-refractivity contribution >= 4 is 34.8 Å². The average Bonchev–Trinajstić information content (AvgIpc) is 2.68. The molecule has 1 aliphatic heterocycles. The van der Waals surface area contributed by atoms with Crippen LogP contribution in [0, 0.1) is 5.41 Å². The van der Waals surface area contributed by atoms with Gasteiger partial charge >= 0.3 is 0 Å². The minimum absolute atomic E-state index is 0.0891. The molecule has 29 heavy (non-hydrogen) atoms. The molecule has 1 aliphatic carbocycles. The maximum Gasteiger partial charge on any atom is 0.227 e. The Morgan fingerprint density at radius 2 is 1.76 bits per heavy atom. The molecule has 6 nitrogen and oxygen atoms in total. The van der Waals surface area contributed by atoms with E-state index in [2.05, 4.69) is 35.9 Å².